The Labute approximate surface area is 197 Å². The molecule has 2 amide bonds. The van der Waals surface area contributed by atoms with Gasteiger partial charge in [-0.3, -0.25) is 9.59 Å². The van der Waals surface area contributed by atoms with Crippen LogP contribution in [-0.2, 0) is 4.79 Å². The quantitative estimate of drug-likeness (QED) is 0.545. The Morgan fingerprint density at radius 2 is 1.70 bits per heavy atom. The molecule has 1 saturated heterocycles. The largest absolute Gasteiger partial charge is 0.489 e. The minimum absolute atomic E-state index is 0.00995. The Balaban J connectivity index is 1.21. The maximum absolute atomic E-state index is 12.5. The number of hydrogen-bond donors (Lipinski definition) is 2. The number of aromatic nitrogens is 1. The lowest BCUT2D eigenvalue weighted by Crippen LogP contribution is -2.46. The van der Waals surface area contributed by atoms with Gasteiger partial charge < -0.3 is 20.3 Å². The van der Waals surface area contributed by atoms with Gasteiger partial charge in [0.05, 0.1) is 23.5 Å². The smallest absolute Gasteiger partial charge is 0.270 e. The molecule has 2 heterocycles. The van der Waals surface area contributed by atoms with Crippen molar-refractivity contribution in [3.8, 4) is 5.75 Å². The van der Waals surface area contributed by atoms with Gasteiger partial charge in [-0.1, -0.05) is 41.9 Å². The van der Waals surface area contributed by atoms with Crippen molar-refractivity contribution in [1.29, 1.82) is 0 Å². The normalized spacial score (nSPS) is 13.9. The van der Waals surface area contributed by atoms with Crippen LogP contribution >= 0.6 is 11.6 Å². The van der Waals surface area contributed by atoms with Crippen LogP contribution in [-0.4, -0.2) is 47.4 Å². The molecule has 1 fully saturated rings. The van der Waals surface area contributed by atoms with Crippen molar-refractivity contribution in [1.82, 2.24) is 15.2 Å². The van der Waals surface area contributed by atoms with E-state index in [1.807, 2.05) is 48.5 Å². The zero-order valence-corrected chi connectivity index (χ0v) is 18.8. The van der Waals surface area contributed by atoms with Crippen LogP contribution in [0.3, 0.4) is 0 Å². The average molecular weight is 465 g/mol. The predicted molar refractivity (Wildman–Crippen MR) is 128 cm³/mol. The standard InChI is InChI=1S/C25H25ClN4O3/c26-21-8-4-5-9-23(21)33-20-12-14-30(15-13-20)24(31)17-28-25(32)22-11-10-19(16-27-22)29-18-6-2-1-3-7-18/h1-11,16,20,29H,12-15,17H2,(H,28,32). The molecule has 8 heteroatoms. The maximum Gasteiger partial charge on any atom is 0.270 e. The molecule has 0 saturated carbocycles. The number of likely N-dealkylation sites (tertiary alicyclic amines) is 1. The highest BCUT2D eigenvalue weighted by Crippen LogP contribution is 2.26. The number of piperidine rings is 1. The van der Waals surface area contributed by atoms with Crippen LogP contribution in [0, 0.1) is 0 Å². The molecule has 170 valence electrons. The SMILES string of the molecule is O=C(NCC(=O)N1CCC(Oc2ccccc2Cl)CC1)c1ccc(Nc2ccccc2)cn1. The third-order valence-electron chi connectivity index (χ3n) is 5.38. The molecular weight excluding hydrogens is 440 g/mol. The zero-order chi connectivity index (χ0) is 23.0. The van der Waals surface area contributed by atoms with Gasteiger partial charge in [-0.25, -0.2) is 4.98 Å². The third-order valence-corrected chi connectivity index (χ3v) is 5.70. The van der Waals surface area contributed by atoms with Crippen molar-refractivity contribution >= 4 is 34.8 Å². The summed E-state index contributed by atoms with van der Waals surface area (Å²) in [6.07, 6.45) is 3.02. The molecule has 1 aromatic heterocycles. The van der Waals surface area contributed by atoms with E-state index in [-0.39, 0.29) is 30.2 Å². The topological polar surface area (TPSA) is 83.6 Å². The second-order valence-electron chi connectivity index (χ2n) is 7.73. The molecule has 1 aliphatic heterocycles. The van der Waals surface area contributed by atoms with Gasteiger partial charge in [-0.2, -0.15) is 0 Å². The molecule has 1 aliphatic rings. The van der Waals surface area contributed by atoms with E-state index in [1.54, 1.807) is 29.3 Å². The second kappa shape index (κ2) is 10.8. The predicted octanol–water partition coefficient (Wildman–Crippen LogP) is 4.28. The molecule has 2 N–H and O–H groups in total. The molecule has 4 rings (SSSR count). The average Bonchev–Trinajstić information content (AvgIpc) is 2.85. The van der Waals surface area contributed by atoms with Gasteiger partial charge in [0.1, 0.15) is 17.5 Å². The number of para-hydroxylation sites is 2. The molecule has 2 aromatic carbocycles. The third kappa shape index (κ3) is 6.23. The number of anilines is 2. The number of nitrogens with one attached hydrogen (secondary N) is 2. The van der Waals surface area contributed by atoms with Crippen LogP contribution in [0.4, 0.5) is 11.4 Å². The van der Waals surface area contributed by atoms with E-state index in [4.69, 9.17) is 16.3 Å². The molecular formula is C25H25ClN4O3. The van der Waals surface area contributed by atoms with E-state index in [9.17, 15) is 9.59 Å². The molecule has 0 unspecified atom stereocenters. The fourth-order valence-electron chi connectivity index (χ4n) is 3.59. The summed E-state index contributed by atoms with van der Waals surface area (Å²) < 4.78 is 5.96. The number of amides is 2. The first-order valence-electron chi connectivity index (χ1n) is 10.8. The fourth-order valence-corrected chi connectivity index (χ4v) is 3.77. The van der Waals surface area contributed by atoms with E-state index in [2.05, 4.69) is 15.6 Å². The minimum Gasteiger partial charge on any atom is -0.489 e. The van der Waals surface area contributed by atoms with E-state index in [0.717, 1.165) is 11.4 Å². The summed E-state index contributed by atoms with van der Waals surface area (Å²) in [4.78, 5) is 30.9. The number of carbonyl (C=O) groups excluding carboxylic acids is 2. The first-order valence-corrected chi connectivity index (χ1v) is 11.2. The first kappa shape index (κ1) is 22.6. The summed E-state index contributed by atoms with van der Waals surface area (Å²) in [5.74, 6) is 0.155. The van der Waals surface area contributed by atoms with Gasteiger partial charge >= 0.3 is 0 Å². The van der Waals surface area contributed by atoms with Gasteiger partial charge in [0.2, 0.25) is 5.91 Å². The summed E-state index contributed by atoms with van der Waals surface area (Å²) in [6, 6.07) is 20.5. The summed E-state index contributed by atoms with van der Waals surface area (Å²) in [6.45, 7) is 1.07. The molecule has 0 atom stereocenters. The van der Waals surface area contributed by atoms with Crippen LogP contribution in [0.25, 0.3) is 0 Å². The van der Waals surface area contributed by atoms with Gasteiger partial charge in [-0.05, 0) is 36.4 Å². The number of pyridine rings is 1. The number of rotatable bonds is 7. The number of benzene rings is 2. The van der Waals surface area contributed by atoms with Crippen LogP contribution in [0.15, 0.2) is 72.9 Å². The monoisotopic (exact) mass is 464 g/mol. The zero-order valence-electron chi connectivity index (χ0n) is 18.0. The maximum atomic E-state index is 12.5. The fraction of sp³-hybridized carbons (Fsp3) is 0.240. The molecule has 0 aliphatic carbocycles. The van der Waals surface area contributed by atoms with Crippen molar-refractivity contribution in [3.05, 3.63) is 83.6 Å². The van der Waals surface area contributed by atoms with Gasteiger partial charge in [0.25, 0.3) is 5.91 Å². The van der Waals surface area contributed by atoms with E-state index in [0.29, 0.717) is 36.7 Å². The Morgan fingerprint density at radius 1 is 0.970 bits per heavy atom. The Bertz CT molecular complexity index is 1080. The van der Waals surface area contributed by atoms with Gasteiger partial charge in [0, 0.05) is 31.6 Å². The van der Waals surface area contributed by atoms with Crippen molar-refractivity contribution in [2.75, 3.05) is 25.0 Å². The Kier molecular flexibility index (Phi) is 7.42. The van der Waals surface area contributed by atoms with Crippen molar-refractivity contribution in [2.45, 2.75) is 18.9 Å². The number of nitrogens with zero attached hydrogens (tertiary/aromatic N) is 2. The highest BCUT2D eigenvalue weighted by Gasteiger charge is 2.24. The Hall–Kier alpha value is -3.58. The molecule has 3 aromatic rings. The number of halogens is 1. The van der Waals surface area contributed by atoms with Crippen LogP contribution in [0.2, 0.25) is 5.02 Å². The van der Waals surface area contributed by atoms with E-state index in [1.165, 1.54) is 0 Å². The number of hydrogen-bond acceptors (Lipinski definition) is 5. The molecule has 7 nitrogen and oxygen atoms in total. The van der Waals surface area contributed by atoms with E-state index < -0.39 is 0 Å². The molecule has 0 bridgehead atoms. The minimum atomic E-state index is -0.383. The Morgan fingerprint density at radius 3 is 2.39 bits per heavy atom. The van der Waals surface area contributed by atoms with Crippen molar-refractivity contribution in [2.24, 2.45) is 0 Å². The molecule has 0 radical (unpaired) electrons. The van der Waals surface area contributed by atoms with Crippen LogP contribution in [0.1, 0.15) is 23.3 Å². The lowest BCUT2D eigenvalue weighted by atomic mass is 10.1. The number of carbonyl (C=O) groups is 2. The van der Waals surface area contributed by atoms with Crippen molar-refractivity contribution in [3.63, 3.8) is 0 Å². The summed E-state index contributed by atoms with van der Waals surface area (Å²) in [5.41, 5.74) is 1.96. The summed E-state index contributed by atoms with van der Waals surface area (Å²) in [7, 11) is 0. The van der Waals surface area contributed by atoms with Gasteiger partial charge in [0.15, 0.2) is 0 Å². The van der Waals surface area contributed by atoms with E-state index >= 15 is 0 Å². The number of ether oxygens (including phenoxy) is 1. The van der Waals surface area contributed by atoms with Crippen LogP contribution in [0.5, 0.6) is 5.75 Å². The summed E-state index contributed by atoms with van der Waals surface area (Å²) >= 11 is 6.15. The van der Waals surface area contributed by atoms with Crippen molar-refractivity contribution < 1.29 is 14.3 Å². The lowest BCUT2D eigenvalue weighted by Gasteiger charge is -2.32. The molecule has 33 heavy (non-hydrogen) atoms. The second-order valence-corrected chi connectivity index (χ2v) is 8.14. The first-order chi connectivity index (χ1) is 16.1. The van der Waals surface area contributed by atoms with Crippen LogP contribution < -0.4 is 15.4 Å². The highest BCUT2D eigenvalue weighted by molar-refractivity contribution is 6.32. The van der Waals surface area contributed by atoms with Gasteiger partial charge in [-0.15, -0.1) is 0 Å². The highest BCUT2D eigenvalue weighted by atomic mass is 35.5. The molecule has 0 spiro atoms. The summed E-state index contributed by atoms with van der Waals surface area (Å²) in [5, 5.41) is 6.45. The lowest BCUT2D eigenvalue weighted by molar-refractivity contribution is -0.131.